The van der Waals surface area contributed by atoms with Crippen LogP contribution in [0.15, 0.2) is 47.0 Å². The summed E-state index contributed by atoms with van der Waals surface area (Å²) in [5, 5.41) is 9.34. The number of benzene rings is 2. The van der Waals surface area contributed by atoms with Crippen LogP contribution in [0.5, 0.6) is 5.75 Å². The van der Waals surface area contributed by atoms with Crippen LogP contribution in [0.25, 0.3) is 10.8 Å². The predicted octanol–water partition coefficient (Wildman–Crippen LogP) is 2.95. The van der Waals surface area contributed by atoms with E-state index in [1.54, 1.807) is 0 Å². The second kappa shape index (κ2) is 6.58. The molecule has 1 heterocycles. The second-order valence-electron chi connectivity index (χ2n) is 5.26. The van der Waals surface area contributed by atoms with Gasteiger partial charge < -0.3 is 14.6 Å². The molecule has 0 aliphatic rings. The molecule has 0 fully saturated rings. The molecule has 3 rings (SSSR count). The SMILES string of the molecule is CNC(C)Cc1noc(COc2cccc3ccccc23)n1. The van der Waals surface area contributed by atoms with E-state index in [1.165, 1.54) is 0 Å². The summed E-state index contributed by atoms with van der Waals surface area (Å²) >= 11 is 0. The highest BCUT2D eigenvalue weighted by Crippen LogP contribution is 2.25. The standard InChI is InChI=1S/C17H19N3O2/c1-12(18-2)10-16-19-17(22-20-16)11-21-15-9-5-7-13-6-3-4-8-14(13)15/h3-9,12,18H,10-11H2,1-2H3. The third-order valence-corrected chi connectivity index (χ3v) is 3.59. The van der Waals surface area contributed by atoms with Crippen LogP contribution in [0.1, 0.15) is 18.6 Å². The van der Waals surface area contributed by atoms with Gasteiger partial charge in [0.05, 0.1) is 0 Å². The Morgan fingerprint density at radius 2 is 2.00 bits per heavy atom. The fraction of sp³-hybridized carbons (Fsp3) is 0.294. The lowest BCUT2D eigenvalue weighted by molar-refractivity contribution is 0.244. The van der Waals surface area contributed by atoms with Crippen molar-refractivity contribution in [2.24, 2.45) is 0 Å². The van der Waals surface area contributed by atoms with E-state index in [0.717, 1.165) is 22.9 Å². The lowest BCUT2D eigenvalue weighted by Crippen LogP contribution is -2.24. The van der Waals surface area contributed by atoms with E-state index < -0.39 is 0 Å². The van der Waals surface area contributed by atoms with Crippen LogP contribution >= 0.6 is 0 Å². The van der Waals surface area contributed by atoms with Crippen LogP contribution in [0.4, 0.5) is 0 Å². The van der Waals surface area contributed by atoms with Crippen molar-refractivity contribution in [3.8, 4) is 5.75 Å². The summed E-state index contributed by atoms with van der Waals surface area (Å²) in [5.41, 5.74) is 0. The number of aromatic nitrogens is 2. The smallest absolute Gasteiger partial charge is 0.264 e. The molecule has 0 spiro atoms. The fourth-order valence-electron chi connectivity index (χ4n) is 2.27. The Balaban J connectivity index is 1.69. The molecular weight excluding hydrogens is 278 g/mol. The molecule has 1 N–H and O–H groups in total. The predicted molar refractivity (Wildman–Crippen MR) is 84.8 cm³/mol. The maximum absolute atomic E-state index is 5.84. The molecule has 22 heavy (non-hydrogen) atoms. The summed E-state index contributed by atoms with van der Waals surface area (Å²) < 4.78 is 11.1. The average Bonchev–Trinajstić information content (AvgIpc) is 3.00. The number of nitrogens with one attached hydrogen (secondary N) is 1. The number of ether oxygens (including phenoxy) is 1. The molecule has 0 aliphatic heterocycles. The highest BCUT2D eigenvalue weighted by molar-refractivity contribution is 5.88. The van der Waals surface area contributed by atoms with Crippen molar-refractivity contribution in [1.29, 1.82) is 0 Å². The second-order valence-corrected chi connectivity index (χ2v) is 5.26. The summed E-state index contributed by atoms with van der Waals surface area (Å²) in [6.45, 7) is 2.34. The van der Waals surface area contributed by atoms with Crippen LogP contribution in [-0.2, 0) is 13.0 Å². The summed E-state index contributed by atoms with van der Waals surface area (Å²) in [5.74, 6) is 2.01. The Morgan fingerprint density at radius 1 is 1.18 bits per heavy atom. The van der Waals surface area contributed by atoms with E-state index in [0.29, 0.717) is 17.8 Å². The van der Waals surface area contributed by atoms with E-state index in [1.807, 2.05) is 37.4 Å². The number of rotatable bonds is 6. The van der Waals surface area contributed by atoms with Crippen molar-refractivity contribution < 1.29 is 9.26 Å². The normalized spacial score (nSPS) is 12.5. The maximum Gasteiger partial charge on any atom is 0.264 e. The first-order valence-electron chi connectivity index (χ1n) is 7.35. The van der Waals surface area contributed by atoms with Gasteiger partial charge in [0.25, 0.3) is 5.89 Å². The molecule has 2 aromatic carbocycles. The minimum atomic E-state index is 0.273. The molecule has 0 saturated heterocycles. The van der Waals surface area contributed by atoms with Crippen molar-refractivity contribution in [2.45, 2.75) is 26.0 Å². The van der Waals surface area contributed by atoms with Gasteiger partial charge in [0, 0.05) is 17.8 Å². The van der Waals surface area contributed by atoms with Crippen molar-refractivity contribution >= 4 is 10.8 Å². The Morgan fingerprint density at radius 3 is 2.86 bits per heavy atom. The Kier molecular flexibility index (Phi) is 4.34. The Labute approximate surface area is 129 Å². The largest absolute Gasteiger partial charge is 0.483 e. The van der Waals surface area contributed by atoms with Crippen molar-refractivity contribution in [1.82, 2.24) is 15.5 Å². The van der Waals surface area contributed by atoms with Gasteiger partial charge in [-0.25, -0.2) is 0 Å². The topological polar surface area (TPSA) is 60.2 Å². The van der Waals surface area contributed by atoms with Gasteiger partial charge in [0.2, 0.25) is 0 Å². The molecule has 1 unspecified atom stereocenters. The molecule has 5 nitrogen and oxygen atoms in total. The van der Waals surface area contributed by atoms with Crippen LogP contribution in [0, 0.1) is 0 Å². The average molecular weight is 297 g/mol. The molecule has 114 valence electrons. The highest BCUT2D eigenvalue weighted by Gasteiger charge is 2.10. The lowest BCUT2D eigenvalue weighted by atomic mass is 10.1. The zero-order chi connectivity index (χ0) is 15.4. The minimum absolute atomic E-state index is 0.273. The molecule has 0 radical (unpaired) electrons. The summed E-state index contributed by atoms with van der Waals surface area (Å²) in [6.07, 6.45) is 0.730. The first-order valence-corrected chi connectivity index (χ1v) is 7.35. The monoisotopic (exact) mass is 297 g/mol. The van der Waals surface area contributed by atoms with Gasteiger partial charge in [-0.05, 0) is 25.4 Å². The number of fused-ring (bicyclic) bond motifs is 1. The van der Waals surface area contributed by atoms with Gasteiger partial charge in [-0.15, -0.1) is 0 Å². The Bertz CT molecular complexity index is 749. The third-order valence-electron chi connectivity index (χ3n) is 3.59. The molecule has 1 aromatic heterocycles. The van der Waals surface area contributed by atoms with E-state index in [4.69, 9.17) is 9.26 Å². The van der Waals surface area contributed by atoms with Crippen molar-refractivity contribution in [3.63, 3.8) is 0 Å². The van der Waals surface area contributed by atoms with Crippen molar-refractivity contribution in [2.75, 3.05) is 7.05 Å². The molecular formula is C17H19N3O2. The number of hydrogen-bond acceptors (Lipinski definition) is 5. The number of nitrogens with zero attached hydrogens (tertiary/aromatic N) is 2. The third kappa shape index (κ3) is 3.26. The zero-order valence-corrected chi connectivity index (χ0v) is 12.7. The molecule has 1 atom stereocenters. The molecule has 3 aromatic rings. The van der Waals surface area contributed by atoms with E-state index in [9.17, 15) is 0 Å². The van der Waals surface area contributed by atoms with Gasteiger partial charge in [-0.2, -0.15) is 4.98 Å². The first kappa shape index (κ1) is 14.5. The van der Waals surface area contributed by atoms with Crippen LogP contribution in [0.2, 0.25) is 0 Å². The van der Waals surface area contributed by atoms with Crippen LogP contribution in [-0.4, -0.2) is 23.2 Å². The summed E-state index contributed by atoms with van der Waals surface area (Å²) in [6, 6.07) is 14.4. The molecule has 0 saturated carbocycles. The Hall–Kier alpha value is -2.40. The minimum Gasteiger partial charge on any atom is -0.483 e. The zero-order valence-electron chi connectivity index (χ0n) is 12.7. The first-order chi connectivity index (χ1) is 10.8. The molecule has 0 aliphatic carbocycles. The van der Waals surface area contributed by atoms with Gasteiger partial charge in [-0.3, -0.25) is 0 Å². The van der Waals surface area contributed by atoms with E-state index in [-0.39, 0.29) is 6.61 Å². The number of hydrogen-bond donors (Lipinski definition) is 1. The highest BCUT2D eigenvalue weighted by atomic mass is 16.5. The lowest BCUT2D eigenvalue weighted by Gasteiger charge is -2.07. The number of likely N-dealkylation sites (N-methyl/N-ethyl adjacent to an activating group) is 1. The quantitative estimate of drug-likeness (QED) is 0.758. The molecule has 0 amide bonds. The summed E-state index contributed by atoms with van der Waals surface area (Å²) in [7, 11) is 1.91. The molecule has 5 heteroatoms. The van der Waals surface area contributed by atoms with Gasteiger partial charge in [-0.1, -0.05) is 41.6 Å². The maximum atomic E-state index is 5.84. The van der Waals surface area contributed by atoms with E-state index in [2.05, 4.69) is 34.5 Å². The van der Waals surface area contributed by atoms with Gasteiger partial charge in [0.1, 0.15) is 5.75 Å². The fourth-order valence-corrected chi connectivity index (χ4v) is 2.27. The molecule has 0 bridgehead atoms. The summed E-state index contributed by atoms with van der Waals surface area (Å²) in [4.78, 5) is 4.35. The van der Waals surface area contributed by atoms with Gasteiger partial charge in [0.15, 0.2) is 12.4 Å². The van der Waals surface area contributed by atoms with Crippen LogP contribution in [0.3, 0.4) is 0 Å². The van der Waals surface area contributed by atoms with E-state index >= 15 is 0 Å². The van der Waals surface area contributed by atoms with Crippen molar-refractivity contribution in [3.05, 3.63) is 54.2 Å². The van der Waals surface area contributed by atoms with Gasteiger partial charge >= 0.3 is 0 Å². The van der Waals surface area contributed by atoms with Crippen LogP contribution < -0.4 is 10.1 Å².